The molecule has 29 heavy (non-hydrogen) atoms. The number of fused-ring (bicyclic) bond motifs is 1. The lowest BCUT2D eigenvalue weighted by Crippen LogP contribution is -2.41. The minimum absolute atomic E-state index is 0.0984. The molecule has 6 heteroatoms. The molecule has 3 nitrogen and oxygen atoms in total. The van der Waals surface area contributed by atoms with Crippen LogP contribution in [0.4, 0.5) is 8.78 Å². The van der Waals surface area contributed by atoms with Crippen molar-refractivity contribution in [1.29, 1.82) is 0 Å². The molecule has 1 unspecified atom stereocenters. The van der Waals surface area contributed by atoms with E-state index >= 15 is 0 Å². The molecule has 1 saturated heterocycles. The first-order valence-electron chi connectivity index (χ1n) is 10.1. The summed E-state index contributed by atoms with van der Waals surface area (Å²) in [7, 11) is 0. The maximum absolute atomic E-state index is 13.5. The number of thioether (sulfide) groups is 1. The zero-order valence-corrected chi connectivity index (χ0v) is 17.3. The molecule has 1 fully saturated rings. The van der Waals surface area contributed by atoms with E-state index in [2.05, 4.69) is 4.90 Å². The highest BCUT2D eigenvalue weighted by Gasteiger charge is 2.27. The van der Waals surface area contributed by atoms with Gasteiger partial charge in [0.15, 0.2) is 0 Å². The molecule has 0 aliphatic carbocycles. The molecule has 4 rings (SSSR count). The van der Waals surface area contributed by atoms with E-state index in [9.17, 15) is 13.6 Å². The molecule has 2 aliphatic rings. The predicted molar refractivity (Wildman–Crippen MR) is 110 cm³/mol. The van der Waals surface area contributed by atoms with Crippen molar-refractivity contribution in [2.24, 2.45) is 5.92 Å². The van der Waals surface area contributed by atoms with Crippen LogP contribution in [0, 0.1) is 24.5 Å². The summed E-state index contributed by atoms with van der Waals surface area (Å²) >= 11 is 1.81. The van der Waals surface area contributed by atoms with Gasteiger partial charge in [0.05, 0.1) is 5.56 Å². The highest BCUT2D eigenvalue weighted by Crippen LogP contribution is 2.34. The average Bonchev–Trinajstić information content (AvgIpc) is 2.69. The van der Waals surface area contributed by atoms with Gasteiger partial charge in [-0.05, 0) is 79.6 Å². The van der Waals surface area contributed by atoms with Gasteiger partial charge in [0.1, 0.15) is 17.7 Å². The molecule has 1 atom stereocenters. The number of rotatable bonds is 4. The van der Waals surface area contributed by atoms with E-state index in [1.54, 1.807) is 13.0 Å². The van der Waals surface area contributed by atoms with E-state index in [0.717, 1.165) is 50.2 Å². The Morgan fingerprint density at radius 1 is 1.14 bits per heavy atom. The molecule has 0 N–H and O–H groups in total. The lowest BCUT2D eigenvalue weighted by molar-refractivity contribution is 0.00989. The second kappa shape index (κ2) is 8.84. The van der Waals surface area contributed by atoms with Gasteiger partial charge in [0.2, 0.25) is 0 Å². The van der Waals surface area contributed by atoms with Gasteiger partial charge in [0, 0.05) is 30.3 Å². The Bertz CT molecular complexity index is 896. The molecule has 2 aliphatic heterocycles. The zero-order valence-electron chi connectivity index (χ0n) is 16.5. The summed E-state index contributed by atoms with van der Waals surface area (Å²) in [6.45, 7) is 4.48. The van der Waals surface area contributed by atoms with E-state index in [0.29, 0.717) is 17.0 Å². The minimum atomic E-state index is -0.372. The average molecular weight is 418 g/mol. The Morgan fingerprint density at radius 2 is 1.86 bits per heavy atom. The predicted octanol–water partition coefficient (Wildman–Crippen LogP) is 4.86. The lowest BCUT2D eigenvalue weighted by atomic mass is 9.98. The van der Waals surface area contributed by atoms with Crippen molar-refractivity contribution in [3.8, 4) is 0 Å². The van der Waals surface area contributed by atoms with Crippen molar-refractivity contribution in [2.45, 2.75) is 37.2 Å². The van der Waals surface area contributed by atoms with Gasteiger partial charge in [-0.1, -0.05) is 0 Å². The molecule has 0 radical (unpaired) electrons. The van der Waals surface area contributed by atoms with Crippen LogP contribution in [0.1, 0.15) is 34.3 Å². The largest absolute Gasteiger partial charge is 0.459 e. The summed E-state index contributed by atoms with van der Waals surface area (Å²) in [5, 5.41) is 0. The normalized spacial score (nSPS) is 20.3. The fourth-order valence-electron chi connectivity index (χ4n) is 4.19. The fourth-order valence-corrected chi connectivity index (χ4v) is 5.32. The third-order valence-electron chi connectivity index (χ3n) is 5.74. The molecular weight excluding hydrogens is 392 g/mol. The maximum atomic E-state index is 13.5. The molecule has 2 aromatic carbocycles. The van der Waals surface area contributed by atoms with Crippen molar-refractivity contribution < 1.29 is 18.3 Å². The highest BCUT2D eigenvalue weighted by molar-refractivity contribution is 7.99. The third-order valence-corrected chi connectivity index (χ3v) is 7.09. The Balaban J connectivity index is 1.26. The van der Waals surface area contributed by atoms with Crippen LogP contribution >= 0.6 is 11.8 Å². The standard InChI is InChI=1S/C23H25F2NO2S/c1-15-10-18(24)2-4-21(15)23(27)28-20-6-8-26(9-7-20)13-16-11-17-12-19(25)3-5-22(17)29-14-16/h2-5,10,12,16,20H,6-9,11,13-14H2,1H3. The van der Waals surface area contributed by atoms with Gasteiger partial charge in [-0.3, -0.25) is 0 Å². The first kappa shape index (κ1) is 20.4. The molecule has 0 saturated carbocycles. The van der Waals surface area contributed by atoms with E-state index in [4.69, 9.17) is 4.74 Å². The van der Waals surface area contributed by atoms with Crippen molar-refractivity contribution in [1.82, 2.24) is 4.90 Å². The number of halogens is 2. The minimum Gasteiger partial charge on any atom is -0.459 e. The molecule has 154 valence electrons. The maximum Gasteiger partial charge on any atom is 0.338 e. The number of benzene rings is 2. The second-order valence-electron chi connectivity index (χ2n) is 8.00. The van der Waals surface area contributed by atoms with Crippen LogP contribution in [0.2, 0.25) is 0 Å². The summed E-state index contributed by atoms with van der Waals surface area (Å²) in [6.07, 6.45) is 2.42. The first-order valence-corrected chi connectivity index (χ1v) is 11.1. The monoisotopic (exact) mass is 417 g/mol. The van der Waals surface area contributed by atoms with Crippen molar-refractivity contribution in [3.05, 3.63) is 64.7 Å². The first-order chi connectivity index (χ1) is 14.0. The summed E-state index contributed by atoms with van der Waals surface area (Å²) in [5.41, 5.74) is 2.14. The van der Waals surface area contributed by atoms with Crippen LogP contribution in [0.25, 0.3) is 0 Å². The highest BCUT2D eigenvalue weighted by atomic mass is 32.2. The number of esters is 1. The lowest BCUT2D eigenvalue weighted by Gasteiger charge is -2.35. The number of ether oxygens (including phenoxy) is 1. The Labute approximate surface area is 174 Å². The number of likely N-dealkylation sites (tertiary alicyclic amines) is 1. The van der Waals surface area contributed by atoms with E-state index < -0.39 is 0 Å². The Morgan fingerprint density at radius 3 is 2.62 bits per heavy atom. The number of carbonyl (C=O) groups is 1. The Kier molecular flexibility index (Phi) is 6.20. The molecule has 0 spiro atoms. The summed E-state index contributed by atoms with van der Waals surface area (Å²) in [6, 6.07) is 9.21. The molecule has 2 heterocycles. The van der Waals surface area contributed by atoms with Crippen LogP contribution in [-0.2, 0) is 11.2 Å². The molecule has 0 bridgehead atoms. The van der Waals surface area contributed by atoms with Gasteiger partial charge < -0.3 is 9.64 Å². The topological polar surface area (TPSA) is 29.5 Å². The number of hydrogen-bond acceptors (Lipinski definition) is 4. The molecular formula is C23H25F2NO2S. The number of aryl methyl sites for hydroxylation is 1. The molecule has 0 aromatic heterocycles. The van der Waals surface area contributed by atoms with Crippen molar-refractivity contribution in [3.63, 3.8) is 0 Å². The van der Waals surface area contributed by atoms with Gasteiger partial charge in [-0.15, -0.1) is 11.8 Å². The fraction of sp³-hybridized carbons (Fsp3) is 0.435. The van der Waals surface area contributed by atoms with Crippen LogP contribution in [0.3, 0.4) is 0 Å². The van der Waals surface area contributed by atoms with Crippen LogP contribution in [-0.4, -0.2) is 42.4 Å². The number of carbonyl (C=O) groups excluding carboxylic acids is 1. The quantitative estimate of drug-likeness (QED) is 0.665. The second-order valence-corrected chi connectivity index (χ2v) is 9.06. The molecule has 0 amide bonds. The van der Waals surface area contributed by atoms with Crippen molar-refractivity contribution >= 4 is 17.7 Å². The van der Waals surface area contributed by atoms with E-state index in [-0.39, 0.29) is 23.7 Å². The zero-order chi connectivity index (χ0) is 20.4. The Hall–Kier alpha value is -1.92. The van der Waals surface area contributed by atoms with Crippen LogP contribution in [0.5, 0.6) is 0 Å². The van der Waals surface area contributed by atoms with Gasteiger partial charge >= 0.3 is 5.97 Å². The van der Waals surface area contributed by atoms with Gasteiger partial charge in [-0.25, -0.2) is 13.6 Å². The van der Waals surface area contributed by atoms with Gasteiger partial charge in [0.25, 0.3) is 0 Å². The number of nitrogens with zero attached hydrogens (tertiary/aromatic N) is 1. The van der Waals surface area contributed by atoms with Crippen LogP contribution < -0.4 is 0 Å². The van der Waals surface area contributed by atoms with E-state index in [1.807, 2.05) is 17.8 Å². The molecule has 2 aromatic rings. The van der Waals surface area contributed by atoms with Crippen molar-refractivity contribution in [2.75, 3.05) is 25.4 Å². The third kappa shape index (κ3) is 4.98. The summed E-state index contributed by atoms with van der Waals surface area (Å²) < 4.78 is 32.4. The summed E-state index contributed by atoms with van der Waals surface area (Å²) in [4.78, 5) is 16.0. The van der Waals surface area contributed by atoms with Gasteiger partial charge in [-0.2, -0.15) is 0 Å². The smallest absolute Gasteiger partial charge is 0.338 e. The van der Waals surface area contributed by atoms with Crippen LogP contribution in [0.15, 0.2) is 41.3 Å². The van der Waals surface area contributed by atoms with E-state index in [1.165, 1.54) is 29.2 Å². The number of piperidine rings is 1. The SMILES string of the molecule is Cc1cc(F)ccc1C(=O)OC1CCN(CC2CSc3ccc(F)cc3C2)CC1. The summed E-state index contributed by atoms with van der Waals surface area (Å²) in [5.74, 6) is 0.679. The number of hydrogen-bond donors (Lipinski definition) is 0.